The molecule has 0 heterocycles. The Kier molecular flexibility index (Phi) is 3.56. The zero-order valence-corrected chi connectivity index (χ0v) is 7.58. The van der Waals surface area contributed by atoms with E-state index in [1.807, 2.05) is 5.32 Å². The predicted molar refractivity (Wildman–Crippen MR) is 47.3 cm³/mol. The van der Waals surface area contributed by atoms with Gasteiger partial charge in [-0.2, -0.15) is 0 Å². The fourth-order valence-corrected chi connectivity index (χ4v) is 1.12. The topological polar surface area (TPSA) is 69.6 Å². The van der Waals surface area contributed by atoms with Crippen molar-refractivity contribution >= 4 is 6.09 Å². The highest BCUT2D eigenvalue weighted by Crippen LogP contribution is 2.19. The number of carbonyl (C=O) groups is 1. The molecule has 0 aromatic heterocycles. The smallest absolute Gasteiger partial charge is 0.404 e. The van der Waals surface area contributed by atoms with Gasteiger partial charge in [-0.1, -0.05) is 6.07 Å². The van der Waals surface area contributed by atoms with Crippen molar-refractivity contribution in [1.29, 1.82) is 0 Å². The van der Waals surface area contributed by atoms with E-state index in [1.54, 1.807) is 0 Å². The van der Waals surface area contributed by atoms with Gasteiger partial charge in [-0.05, 0) is 12.1 Å². The summed E-state index contributed by atoms with van der Waals surface area (Å²) in [4.78, 5) is 10.1. The van der Waals surface area contributed by atoms with Gasteiger partial charge in [0.1, 0.15) is 17.7 Å². The van der Waals surface area contributed by atoms with E-state index in [0.29, 0.717) is 0 Å². The zero-order valence-electron chi connectivity index (χ0n) is 7.58. The number of aliphatic hydroxyl groups is 1. The highest BCUT2D eigenvalue weighted by atomic mass is 19.1. The summed E-state index contributed by atoms with van der Waals surface area (Å²) in [5.41, 5.74) is -0.536. The lowest BCUT2D eigenvalue weighted by atomic mass is 10.1. The SMILES string of the molecule is O=C(O)NCC(O)c1c(F)cccc1F. The Hall–Kier alpha value is -1.69. The number of amides is 1. The third kappa shape index (κ3) is 2.88. The Morgan fingerprint density at radius 3 is 2.40 bits per heavy atom. The molecule has 82 valence electrons. The average Bonchev–Trinajstić information content (AvgIpc) is 2.14. The van der Waals surface area contributed by atoms with E-state index in [0.717, 1.165) is 18.2 Å². The highest BCUT2D eigenvalue weighted by Gasteiger charge is 2.17. The quantitative estimate of drug-likeness (QED) is 0.714. The first kappa shape index (κ1) is 11.4. The Morgan fingerprint density at radius 2 is 1.93 bits per heavy atom. The molecule has 1 atom stereocenters. The standard InChI is InChI=1S/C9H9F2NO3/c10-5-2-1-3-6(11)8(5)7(13)4-12-9(14)15/h1-3,7,12-13H,4H2,(H,14,15). The van der Waals surface area contributed by atoms with Crippen LogP contribution in [0.2, 0.25) is 0 Å². The second-order valence-electron chi connectivity index (χ2n) is 2.84. The van der Waals surface area contributed by atoms with Crippen LogP contribution in [-0.4, -0.2) is 22.9 Å². The van der Waals surface area contributed by atoms with E-state index < -0.39 is 35.9 Å². The van der Waals surface area contributed by atoms with Crippen LogP contribution in [0.5, 0.6) is 0 Å². The van der Waals surface area contributed by atoms with Crippen LogP contribution in [0.25, 0.3) is 0 Å². The molecular weight excluding hydrogens is 208 g/mol. The Balaban J connectivity index is 2.81. The van der Waals surface area contributed by atoms with Gasteiger partial charge in [0.25, 0.3) is 0 Å². The lowest BCUT2D eigenvalue weighted by Gasteiger charge is -2.12. The van der Waals surface area contributed by atoms with E-state index in [-0.39, 0.29) is 0 Å². The van der Waals surface area contributed by atoms with Gasteiger partial charge in [-0.25, -0.2) is 13.6 Å². The third-order valence-electron chi connectivity index (χ3n) is 1.78. The number of hydrogen-bond acceptors (Lipinski definition) is 2. The number of benzene rings is 1. The van der Waals surface area contributed by atoms with E-state index >= 15 is 0 Å². The van der Waals surface area contributed by atoms with Crippen molar-refractivity contribution in [3.63, 3.8) is 0 Å². The second kappa shape index (κ2) is 4.70. The maximum atomic E-state index is 13.1. The molecule has 1 aromatic rings. The molecule has 4 nitrogen and oxygen atoms in total. The molecule has 0 bridgehead atoms. The summed E-state index contributed by atoms with van der Waals surface area (Å²) in [6.07, 6.45) is -2.91. The molecule has 0 spiro atoms. The maximum Gasteiger partial charge on any atom is 0.404 e. The molecule has 0 fully saturated rings. The second-order valence-corrected chi connectivity index (χ2v) is 2.84. The summed E-state index contributed by atoms with van der Waals surface area (Å²) in [5.74, 6) is -1.82. The summed E-state index contributed by atoms with van der Waals surface area (Å²) in [5, 5.41) is 19.4. The van der Waals surface area contributed by atoms with Crippen LogP contribution in [0, 0.1) is 11.6 Å². The molecule has 1 unspecified atom stereocenters. The number of hydrogen-bond donors (Lipinski definition) is 3. The van der Waals surface area contributed by atoms with Crippen molar-refractivity contribution in [2.45, 2.75) is 6.10 Å². The van der Waals surface area contributed by atoms with Crippen LogP contribution in [0.3, 0.4) is 0 Å². The Morgan fingerprint density at radius 1 is 1.40 bits per heavy atom. The fourth-order valence-electron chi connectivity index (χ4n) is 1.12. The van der Waals surface area contributed by atoms with Crippen molar-refractivity contribution in [1.82, 2.24) is 5.32 Å². The van der Waals surface area contributed by atoms with Gasteiger partial charge in [0, 0.05) is 0 Å². The normalized spacial score (nSPS) is 12.2. The van der Waals surface area contributed by atoms with Crippen molar-refractivity contribution < 1.29 is 23.8 Å². The van der Waals surface area contributed by atoms with Gasteiger partial charge in [0.2, 0.25) is 0 Å². The van der Waals surface area contributed by atoms with Gasteiger partial charge in [-0.15, -0.1) is 0 Å². The van der Waals surface area contributed by atoms with Crippen molar-refractivity contribution in [2.75, 3.05) is 6.54 Å². The van der Waals surface area contributed by atoms with E-state index in [2.05, 4.69) is 0 Å². The van der Waals surface area contributed by atoms with Crippen LogP contribution >= 0.6 is 0 Å². The molecule has 0 aliphatic carbocycles. The molecule has 0 aliphatic heterocycles. The van der Waals surface area contributed by atoms with Crippen LogP contribution in [0.1, 0.15) is 11.7 Å². The monoisotopic (exact) mass is 217 g/mol. The summed E-state index contributed by atoms with van der Waals surface area (Å²) >= 11 is 0. The van der Waals surface area contributed by atoms with Crippen LogP contribution in [-0.2, 0) is 0 Å². The zero-order chi connectivity index (χ0) is 11.4. The third-order valence-corrected chi connectivity index (χ3v) is 1.78. The van der Waals surface area contributed by atoms with Crippen molar-refractivity contribution in [2.24, 2.45) is 0 Å². The first-order chi connectivity index (χ1) is 7.02. The number of aliphatic hydroxyl groups excluding tert-OH is 1. The van der Waals surface area contributed by atoms with Gasteiger partial charge in [0.15, 0.2) is 0 Å². The number of halogens is 2. The number of nitrogens with one attached hydrogen (secondary N) is 1. The van der Waals surface area contributed by atoms with Crippen molar-refractivity contribution in [3.05, 3.63) is 35.4 Å². The van der Waals surface area contributed by atoms with E-state index in [4.69, 9.17) is 5.11 Å². The van der Waals surface area contributed by atoms with Gasteiger partial charge < -0.3 is 15.5 Å². The first-order valence-corrected chi connectivity index (χ1v) is 4.11. The first-order valence-electron chi connectivity index (χ1n) is 4.11. The molecule has 0 radical (unpaired) electrons. The molecule has 1 rings (SSSR count). The Bertz CT molecular complexity index is 350. The van der Waals surface area contributed by atoms with Gasteiger partial charge >= 0.3 is 6.09 Å². The molecule has 3 N–H and O–H groups in total. The molecule has 6 heteroatoms. The minimum Gasteiger partial charge on any atom is -0.465 e. The molecule has 1 aromatic carbocycles. The molecule has 0 saturated carbocycles. The van der Waals surface area contributed by atoms with E-state index in [9.17, 15) is 18.7 Å². The number of carboxylic acid groups (broad SMARTS) is 1. The van der Waals surface area contributed by atoms with Crippen LogP contribution in [0.15, 0.2) is 18.2 Å². The molecule has 15 heavy (non-hydrogen) atoms. The molecule has 1 amide bonds. The molecule has 0 saturated heterocycles. The van der Waals surface area contributed by atoms with Crippen LogP contribution < -0.4 is 5.32 Å². The molecule has 0 aliphatic rings. The molecular formula is C9H9F2NO3. The number of rotatable bonds is 3. The predicted octanol–water partition coefficient (Wildman–Crippen LogP) is 1.27. The van der Waals surface area contributed by atoms with Gasteiger partial charge in [0.05, 0.1) is 12.1 Å². The largest absolute Gasteiger partial charge is 0.465 e. The van der Waals surface area contributed by atoms with Crippen LogP contribution in [0.4, 0.5) is 13.6 Å². The summed E-state index contributed by atoms with van der Waals surface area (Å²) in [7, 11) is 0. The average molecular weight is 217 g/mol. The summed E-state index contributed by atoms with van der Waals surface area (Å²) in [6, 6.07) is 3.14. The lowest BCUT2D eigenvalue weighted by Crippen LogP contribution is -2.27. The lowest BCUT2D eigenvalue weighted by molar-refractivity contribution is 0.152. The van der Waals surface area contributed by atoms with Gasteiger partial charge in [-0.3, -0.25) is 0 Å². The minimum absolute atomic E-state index is 0.465. The minimum atomic E-state index is -1.54. The summed E-state index contributed by atoms with van der Waals surface area (Å²) in [6.45, 7) is -0.465. The highest BCUT2D eigenvalue weighted by molar-refractivity contribution is 5.64. The summed E-state index contributed by atoms with van der Waals surface area (Å²) < 4.78 is 26.1. The Labute approximate surface area is 84.2 Å². The van der Waals surface area contributed by atoms with E-state index in [1.165, 1.54) is 0 Å². The fraction of sp³-hybridized carbons (Fsp3) is 0.222. The van der Waals surface area contributed by atoms with Crippen molar-refractivity contribution in [3.8, 4) is 0 Å². The maximum absolute atomic E-state index is 13.1.